The van der Waals surface area contributed by atoms with Gasteiger partial charge < -0.3 is 0 Å². The predicted octanol–water partition coefficient (Wildman–Crippen LogP) is 11.0. The molecule has 7 aromatic rings. The molecule has 0 saturated heterocycles. The SMILES string of the molecule is CC1(C)c2ccccc2-c2ccc(C3C=c4c(C5C=c6ccccc6=CC5)c5cc6c(cc5c(-c5ccc7ccccc7c5)c4=CC3)C3=C(CCC=C3)[Si]6(C)C)cc21. The number of benzene rings is 7. The summed E-state index contributed by atoms with van der Waals surface area (Å²) in [6.45, 7) is 10.0. The van der Waals surface area contributed by atoms with E-state index in [1.54, 1.807) is 10.4 Å². The smallest absolute Gasteiger partial charge is 0.0836 e. The highest BCUT2D eigenvalue weighted by atomic mass is 28.3. The molecule has 0 nitrogen and oxygen atoms in total. The Morgan fingerprint density at radius 1 is 0.603 bits per heavy atom. The highest BCUT2D eigenvalue weighted by molar-refractivity contribution is 6.98. The topological polar surface area (TPSA) is 0 Å². The van der Waals surface area contributed by atoms with Crippen LogP contribution in [0.25, 0.3) is 73.7 Å². The van der Waals surface area contributed by atoms with Gasteiger partial charge in [0.1, 0.15) is 8.07 Å². The van der Waals surface area contributed by atoms with Crippen LogP contribution in [0.1, 0.15) is 79.2 Å². The van der Waals surface area contributed by atoms with Crippen LogP contribution >= 0.6 is 0 Å². The van der Waals surface area contributed by atoms with Crippen molar-refractivity contribution >= 4 is 64.7 Å². The van der Waals surface area contributed by atoms with Gasteiger partial charge in [-0.3, -0.25) is 0 Å². The van der Waals surface area contributed by atoms with Crippen LogP contribution in [0.3, 0.4) is 0 Å². The molecule has 0 aromatic heterocycles. The molecule has 1 heteroatoms. The molecule has 0 spiro atoms. The molecule has 2 atom stereocenters. The summed E-state index contributed by atoms with van der Waals surface area (Å²) in [7, 11) is -1.86. The van der Waals surface area contributed by atoms with E-state index in [1.807, 2.05) is 0 Å². The van der Waals surface area contributed by atoms with Gasteiger partial charge in [-0.2, -0.15) is 0 Å². The van der Waals surface area contributed by atoms with Crippen LogP contribution in [0, 0.1) is 0 Å². The molecular formula is C57H48Si. The van der Waals surface area contributed by atoms with E-state index in [0.717, 1.165) is 19.3 Å². The van der Waals surface area contributed by atoms with Gasteiger partial charge in [0.25, 0.3) is 0 Å². The van der Waals surface area contributed by atoms with Gasteiger partial charge in [-0.1, -0.05) is 178 Å². The zero-order valence-corrected chi connectivity index (χ0v) is 35.0. The Kier molecular flexibility index (Phi) is 7.31. The third kappa shape index (κ3) is 4.86. The highest BCUT2D eigenvalue weighted by Crippen LogP contribution is 2.50. The lowest BCUT2D eigenvalue weighted by molar-refractivity contribution is 0.658. The summed E-state index contributed by atoms with van der Waals surface area (Å²) >= 11 is 0. The Hall–Kier alpha value is -5.76. The molecule has 58 heavy (non-hydrogen) atoms. The van der Waals surface area contributed by atoms with Crippen molar-refractivity contribution in [2.45, 2.75) is 69.9 Å². The van der Waals surface area contributed by atoms with E-state index in [-0.39, 0.29) is 17.3 Å². The Balaban J connectivity index is 1.17. The molecule has 7 aromatic carbocycles. The molecule has 12 rings (SSSR count). The fourth-order valence-electron chi connectivity index (χ4n) is 11.8. The summed E-state index contributed by atoms with van der Waals surface area (Å²) in [6.07, 6.45) is 19.6. The molecule has 280 valence electrons. The largest absolute Gasteiger partial charge is 0.109 e. The van der Waals surface area contributed by atoms with Crippen molar-refractivity contribution in [2.75, 3.05) is 0 Å². The zero-order valence-electron chi connectivity index (χ0n) is 34.0. The second kappa shape index (κ2) is 12.4. The summed E-state index contributed by atoms with van der Waals surface area (Å²) in [5.74, 6) is 0.567. The maximum Gasteiger partial charge on any atom is 0.109 e. The molecule has 0 bridgehead atoms. The van der Waals surface area contributed by atoms with E-state index in [1.165, 1.54) is 104 Å². The average molecular weight is 761 g/mol. The van der Waals surface area contributed by atoms with Crippen molar-refractivity contribution in [3.05, 3.63) is 187 Å². The first kappa shape index (κ1) is 34.3. The number of fused-ring (bicyclic) bond motifs is 9. The van der Waals surface area contributed by atoms with Gasteiger partial charge in [0, 0.05) is 17.3 Å². The van der Waals surface area contributed by atoms with E-state index >= 15 is 0 Å². The van der Waals surface area contributed by atoms with Gasteiger partial charge in [-0.25, -0.2) is 0 Å². The van der Waals surface area contributed by atoms with Crippen LogP contribution < -0.4 is 26.1 Å². The van der Waals surface area contributed by atoms with E-state index in [0.29, 0.717) is 0 Å². The Morgan fingerprint density at radius 2 is 1.38 bits per heavy atom. The Labute approximate surface area is 342 Å². The summed E-state index contributed by atoms with van der Waals surface area (Å²) < 4.78 is 0. The molecule has 0 amide bonds. The number of hydrogen-bond acceptors (Lipinski definition) is 0. The summed E-state index contributed by atoms with van der Waals surface area (Å²) in [5.41, 5.74) is 14.3. The van der Waals surface area contributed by atoms with Crippen molar-refractivity contribution in [1.29, 1.82) is 0 Å². The van der Waals surface area contributed by atoms with Crippen LogP contribution in [0.15, 0.2) is 139 Å². The summed E-state index contributed by atoms with van der Waals surface area (Å²) in [4.78, 5) is 0. The molecule has 1 heterocycles. The van der Waals surface area contributed by atoms with E-state index < -0.39 is 8.07 Å². The molecule has 0 fully saturated rings. The van der Waals surface area contributed by atoms with Crippen LogP contribution in [-0.2, 0) is 5.41 Å². The molecule has 0 radical (unpaired) electrons. The maximum absolute atomic E-state index is 2.71. The van der Waals surface area contributed by atoms with E-state index in [2.05, 4.69) is 185 Å². The minimum atomic E-state index is -1.86. The quantitative estimate of drug-likeness (QED) is 0.157. The fraction of sp³-hybridized carbons (Fsp3) is 0.193. The van der Waals surface area contributed by atoms with Gasteiger partial charge in [0.2, 0.25) is 0 Å². The minimum Gasteiger partial charge on any atom is -0.0836 e. The van der Waals surface area contributed by atoms with Gasteiger partial charge in [-0.05, 0) is 141 Å². The first-order valence-electron chi connectivity index (χ1n) is 21.5. The van der Waals surface area contributed by atoms with Crippen LogP contribution in [-0.4, -0.2) is 8.07 Å². The minimum absolute atomic E-state index is 0.0252. The number of rotatable bonds is 3. The van der Waals surface area contributed by atoms with E-state index in [4.69, 9.17) is 0 Å². The predicted molar refractivity (Wildman–Crippen MR) is 251 cm³/mol. The van der Waals surface area contributed by atoms with Crippen molar-refractivity contribution in [1.82, 2.24) is 0 Å². The lowest BCUT2D eigenvalue weighted by Crippen LogP contribution is -2.42. The van der Waals surface area contributed by atoms with Gasteiger partial charge in [0.05, 0.1) is 0 Å². The monoisotopic (exact) mass is 760 g/mol. The average Bonchev–Trinajstić information content (AvgIpc) is 3.63. The number of allylic oxidation sites excluding steroid dienone is 4. The summed E-state index contributed by atoms with van der Waals surface area (Å²) in [5, 5.41) is 14.4. The zero-order chi connectivity index (χ0) is 38.9. The van der Waals surface area contributed by atoms with Crippen LogP contribution in [0.5, 0.6) is 0 Å². The molecule has 5 aliphatic rings. The standard InChI is InChI=1S/C57H48Si/c1-57(2)51-19-11-9-17-43(51)44-27-25-40(32-52(44)57)39-26-28-46-48(31-39)56(42-24-22-36-14-6-8-16-38(36)30-42)50-34-54-47(45-18-10-12-20-53(45)58(54,3)4)33-49(50)55(46)41-23-21-35-13-5-7-15-37(35)29-41/h5-11,13-19,21-23,25,27-34,39,42H,12,20,24,26H2,1-4H3. The van der Waals surface area contributed by atoms with Gasteiger partial charge in [-0.15, -0.1) is 0 Å². The second-order valence-electron chi connectivity index (χ2n) is 18.6. The van der Waals surface area contributed by atoms with Crippen molar-refractivity contribution in [3.63, 3.8) is 0 Å². The molecule has 1 aliphatic heterocycles. The van der Waals surface area contributed by atoms with E-state index in [9.17, 15) is 0 Å². The molecule has 0 N–H and O–H groups in total. The normalized spacial score (nSPS) is 20.1. The molecule has 2 unspecified atom stereocenters. The first-order valence-corrected chi connectivity index (χ1v) is 24.5. The molecule has 4 aliphatic carbocycles. The van der Waals surface area contributed by atoms with Crippen molar-refractivity contribution < 1.29 is 0 Å². The van der Waals surface area contributed by atoms with Crippen molar-refractivity contribution in [2.24, 2.45) is 0 Å². The fourth-order valence-corrected chi connectivity index (χ4v) is 15.2. The van der Waals surface area contributed by atoms with Crippen LogP contribution in [0.2, 0.25) is 13.1 Å². The number of hydrogen-bond donors (Lipinski definition) is 0. The van der Waals surface area contributed by atoms with Crippen LogP contribution in [0.4, 0.5) is 0 Å². The highest BCUT2D eigenvalue weighted by Gasteiger charge is 2.40. The second-order valence-corrected chi connectivity index (χ2v) is 23.0. The summed E-state index contributed by atoms with van der Waals surface area (Å²) in [6, 6.07) is 46.8. The van der Waals surface area contributed by atoms with Crippen molar-refractivity contribution in [3.8, 4) is 22.3 Å². The lowest BCUT2D eigenvalue weighted by atomic mass is 9.77. The molecular weight excluding hydrogens is 713 g/mol. The maximum atomic E-state index is 2.71. The Bertz CT molecular complexity index is 3290. The first-order chi connectivity index (χ1) is 28.3. The van der Waals surface area contributed by atoms with Gasteiger partial charge >= 0.3 is 0 Å². The molecule has 0 saturated carbocycles. The Morgan fingerprint density at radius 3 is 2.28 bits per heavy atom. The lowest BCUT2D eigenvalue weighted by Gasteiger charge is -2.27. The van der Waals surface area contributed by atoms with Gasteiger partial charge in [0.15, 0.2) is 0 Å². The third-order valence-corrected chi connectivity index (χ3v) is 18.6. The third-order valence-electron chi connectivity index (χ3n) is 14.8.